The number of anilines is 1. The Kier molecular flexibility index (Phi) is 5.52. The van der Waals surface area contributed by atoms with Gasteiger partial charge < -0.3 is 10.6 Å². The van der Waals surface area contributed by atoms with Crippen LogP contribution in [0.3, 0.4) is 0 Å². The molecular weight excluding hydrogens is 372 g/mol. The van der Waals surface area contributed by atoms with Gasteiger partial charge in [-0.15, -0.1) is 0 Å². The average Bonchev–Trinajstić information content (AvgIpc) is 3.09. The highest BCUT2D eigenvalue weighted by atomic mass is 16.2. The number of aromatic nitrogens is 1. The van der Waals surface area contributed by atoms with Crippen LogP contribution in [0.4, 0.5) is 10.5 Å². The van der Waals surface area contributed by atoms with Crippen LogP contribution in [0, 0.1) is 0 Å². The molecule has 1 aliphatic rings. The van der Waals surface area contributed by atoms with Crippen molar-refractivity contribution >= 4 is 23.5 Å². The standard InChI is InChI=1S/C25H22N4O/c1-3-17(16-26-4-2)23-22(14-9-15-27-23)28-25(30)29-24-20-12-7-5-10-18(20)19-11-6-8-13-21(19)24/h3-16,24H,1H2,2H3,(H2,28,29,30)/b17-16+,26-4?. The Balaban J connectivity index is 1.61. The molecule has 1 aromatic heterocycles. The highest BCUT2D eigenvalue weighted by Crippen LogP contribution is 2.43. The summed E-state index contributed by atoms with van der Waals surface area (Å²) in [6.07, 6.45) is 6.69. The highest BCUT2D eigenvalue weighted by Gasteiger charge is 2.29. The number of carbonyl (C=O) groups excluding carboxylic acids is 1. The Hall–Kier alpha value is -3.99. The maximum atomic E-state index is 12.9. The third-order valence-corrected chi connectivity index (χ3v) is 5.02. The van der Waals surface area contributed by atoms with E-state index in [1.165, 1.54) is 0 Å². The van der Waals surface area contributed by atoms with Gasteiger partial charge >= 0.3 is 6.03 Å². The molecule has 0 bridgehead atoms. The third-order valence-electron chi connectivity index (χ3n) is 5.02. The fourth-order valence-corrected chi connectivity index (χ4v) is 3.70. The zero-order valence-corrected chi connectivity index (χ0v) is 16.7. The fourth-order valence-electron chi connectivity index (χ4n) is 3.70. The number of nitrogens with zero attached hydrogens (tertiary/aromatic N) is 2. The summed E-state index contributed by atoms with van der Waals surface area (Å²) in [5, 5.41) is 6.05. The molecule has 2 aromatic carbocycles. The molecule has 0 atom stereocenters. The van der Waals surface area contributed by atoms with Crippen molar-refractivity contribution in [3.05, 3.63) is 103 Å². The van der Waals surface area contributed by atoms with E-state index in [4.69, 9.17) is 0 Å². The molecule has 0 radical (unpaired) electrons. The van der Waals surface area contributed by atoms with E-state index >= 15 is 0 Å². The lowest BCUT2D eigenvalue weighted by Crippen LogP contribution is -2.32. The summed E-state index contributed by atoms with van der Waals surface area (Å²) in [7, 11) is 0. The van der Waals surface area contributed by atoms with Crippen LogP contribution in [-0.4, -0.2) is 17.2 Å². The van der Waals surface area contributed by atoms with E-state index in [-0.39, 0.29) is 12.1 Å². The lowest BCUT2D eigenvalue weighted by Gasteiger charge is -2.17. The van der Waals surface area contributed by atoms with Crippen molar-refractivity contribution in [1.29, 1.82) is 0 Å². The quantitative estimate of drug-likeness (QED) is 0.437. The number of nitrogens with one attached hydrogen (secondary N) is 2. The lowest BCUT2D eigenvalue weighted by molar-refractivity contribution is 0.250. The first-order valence-corrected chi connectivity index (χ1v) is 9.74. The van der Waals surface area contributed by atoms with Gasteiger partial charge in [0.05, 0.1) is 17.4 Å². The number of fused-ring (bicyclic) bond motifs is 3. The number of amides is 2. The Morgan fingerprint density at radius 2 is 1.70 bits per heavy atom. The minimum absolute atomic E-state index is 0.211. The number of aliphatic imine (C=N–C) groups is 1. The predicted molar refractivity (Wildman–Crippen MR) is 122 cm³/mol. The first-order valence-electron chi connectivity index (χ1n) is 9.74. The molecule has 2 N–H and O–H groups in total. The number of benzene rings is 2. The zero-order valence-electron chi connectivity index (χ0n) is 16.7. The molecule has 5 nitrogen and oxygen atoms in total. The fraction of sp³-hybridized carbons (Fsp3) is 0.0800. The number of allylic oxidation sites excluding steroid dienone is 2. The van der Waals surface area contributed by atoms with Gasteiger partial charge in [-0.1, -0.05) is 61.2 Å². The maximum Gasteiger partial charge on any atom is 0.320 e. The third kappa shape index (κ3) is 3.65. The second kappa shape index (κ2) is 8.57. The topological polar surface area (TPSA) is 66.4 Å². The van der Waals surface area contributed by atoms with Gasteiger partial charge in [-0.25, -0.2) is 4.79 Å². The molecule has 1 heterocycles. The molecule has 0 saturated carbocycles. The van der Waals surface area contributed by atoms with Crippen molar-refractivity contribution in [3.63, 3.8) is 0 Å². The van der Waals surface area contributed by atoms with E-state index in [1.807, 2.05) is 37.3 Å². The van der Waals surface area contributed by atoms with E-state index < -0.39 is 0 Å². The molecule has 4 rings (SSSR count). The maximum absolute atomic E-state index is 12.9. The number of hydrogen-bond donors (Lipinski definition) is 2. The normalized spacial score (nSPS) is 13.0. The predicted octanol–water partition coefficient (Wildman–Crippen LogP) is 5.59. The first kappa shape index (κ1) is 19.3. The second-order valence-corrected chi connectivity index (χ2v) is 6.80. The van der Waals surface area contributed by atoms with Gasteiger partial charge in [-0.05, 0) is 41.3 Å². The Morgan fingerprint density at radius 1 is 1.03 bits per heavy atom. The minimum atomic E-state index is -0.303. The molecule has 0 fully saturated rings. The number of urea groups is 1. The van der Waals surface area contributed by atoms with E-state index in [2.05, 4.69) is 51.5 Å². The Bertz CT molecular complexity index is 1120. The molecule has 5 heteroatoms. The molecule has 148 valence electrons. The number of hydrogen-bond acceptors (Lipinski definition) is 3. The summed E-state index contributed by atoms with van der Waals surface area (Å²) in [6.45, 7) is 5.67. The van der Waals surface area contributed by atoms with Crippen molar-refractivity contribution < 1.29 is 4.79 Å². The lowest BCUT2D eigenvalue weighted by atomic mass is 10.1. The SMILES string of the molecule is C=C/C(=C\N=CC)c1ncccc1NC(=O)NC1c2ccccc2-c2ccccc21. The van der Waals surface area contributed by atoms with Gasteiger partial charge in [-0.3, -0.25) is 9.98 Å². The van der Waals surface area contributed by atoms with E-state index in [0.717, 1.165) is 27.8 Å². The van der Waals surface area contributed by atoms with Crippen molar-refractivity contribution in [1.82, 2.24) is 10.3 Å². The van der Waals surface area contributed by atoms with Crippen LogP contribution < -0.4 is 10.6 Å². The van der Waals surface area contributed by atoms with Crippen molar-refractivity contribution in [2.45, 2.75) is 13.0 Å². The molecule has 2 amide bonds. The summed E-state index contributed by atoms with van der Waals surface area (Å²) in [5.74, 6) is 0. The molecule has 0 saturated heterocycles. The zero-order chi connectivity index (χ0) is 20.9. The number of pyridine rings is 1. The number of rotatable bonds is 5. The first-order chi connectivity index (χ1) is 14.7. The summed E-state index contributed by atoms with van der Waals surface area (Å²) in [5.41, 5.74) is 6.39. The van der Waals surface area contributed by atoms with Crippen LogP contribution in [0.25, 0.3) is 16.7 Å². The summed E-state index contributed by atoms with van der Waals surface area (Å²) >= 11 is 0. The van der Waals surface area contributed by atoms with Gasteiger partial charge in [0.15, 0.2) is 0 Å². The molecule has 0 unspecified atom stereocenters. The molecule has 0 aliphatic heterocycles. The van der Waals surface area contributed by atoms with Crippen molar-refractivity contribution in [2.24, 2.45) is 4.99 Å². The van der Waals surface area contributed by atoms with Crippen LogP contribution in [0.15, 0.2) is 90.7 Å². The van der Waals surface area contributed by atoms with Crippen LogP contribution in [0.5, 0.6) is 0 Å². The summed E-state index contributed by atoms with van der Waals surface area (Å²) in [6, 6.07) is 19.4. The molecule has 3 aromatic rings. The second-order valence-electron chi connectivity index (χ2n) is 6.80. The van der Waals surface area contributed by atoms with Crippen LogP contribution in [-0.2, 0) is 0 Å². The Labute approximate surface area is 175 Å². The summed E-state index contributed by atoms with van der Waals surface area (Å²) < 4.78 is 0. The van der Waals surface area contributed by atoms with Gasteiger partial charge in [0.25, 0.3) is 0 Å². The minimum Gasteiger partial charge on any atom is -0.327 e. The smallest absolute Gasteiger partial charge is 0.320 e. The van der Waals surface area contributed by atoms with E-state index in [9.17, 15) is 4.79 Å². The van der Waals surface area contributed by atoms with Gasteiger partial charge in [0.1, 0.15) is 0 Å². The molecule has 1 aliphatic carbocycles. The van der Waals surface area contributed by atoms with Crippen molar-refractivity contribution in [3.8, 4) is 11.1 Å². The van der Waals surface area contributed by atoms with Crippen molar-refractivity contribution in [2.75, 3.05) is 5.32 Å². The largest absolute Gasteiger partial charge is 0.327 e. The van der Waals surface area contributed by atoms with Gasteiger partial charge in [0, 0.05) is 24.2 Å². The van der Waals surface area contributed by atoms with Crippen LogP contribution in [0.2, 0.25) is 0 Å². The van der Waals surface area contributed by atoms with Crippen LogP contribution >= 0.6 is 0 Å². The monoisotopic (exact) mass is 394 g/mol. The Morgan fingerprint density at radius 3 is 2.33 bits per heavy atom. The van der Waals surface area contributed by atoms with Crippen LogP contribution in [0.1, 0.15) is 29.8 Å². The van der Waals surface area contributed by atoms with Gasteiger partial charge in [-0.2, -0.15) is 0 Å². The number of carbonyl (C=O) groups is 1. The summed E-state index contributed by atoms with van der Waals surface area (Å²) in [4.78, 5) is 21.5. The van der Waals surface area contributed by atoms with Gasteiger partial charge in [0.2, 0.25) is 0 Å². The molecule has 30 heavy (non-hydrogen) atoms. The van der Waals surface area contributed by atoms with E-state index in [1.54, 1.807) is 30.8 Å². The highest BCUT2D eigenvalue weighted by molar-refractivity contribution is 5.94. The molecule has 0 spiro atoms. The molecular formula is C25H22N4O. The van der Waals surface area contributed by atoms with E-state index in [0.29, 0.717) is 11.4 Å². The average molecular weight is 394 g/mol.